The van der Waals surface area contributed by atoms with Crippen LogP contribution >= 0.6 is 23.2 Å². The molecule has 3 rings (SSSR count). The van der Waals surface area contributed by atoms with Crippen LogP contribution in [0, 0.1) is 12.8 Å². The van der Waals surface area contributed by atoms with E-state index in [0.717, 1.165) is 29.0 Å². The maximum Gasteiger partial charge on any atom is 0.309 e. The topological polar surface area (TPSA) is 49.8 Å². The molecule has 2 aromatic carbocycles. The summed E-state index contributed by atoms with van der Waals surface area (Å²) in [6.45, 7) is 4.38. The van der Waals surface area contributed by atoms with Gasteiger partial charge in [-0.1, -0.05) is 35.3 Å². The fourth-order valence-electron chi connectivity index (χ4n) is 2.94. The van der Waals surface area contributed by atoms with E-state index in [1.54, 1.807) is 6.07 Å². The Morgan fingerprint density at radius 2 is 1.84 bits per heavy atom. The standard InChI is InChI=1S/C19H19Cl2NO3/c1-12-4-13(8-22-9-15(10-22)19(23)24)2-3-18(12)25-11-14-5-16(20)7-17(21)6-14/h2-7,15H,8-11H2,1H3,(H,23,24). The number of nitrogens with zero attached hydrogens (tertiary/aromatic N) is 1. The molecule has 0 spiro atoms. The van der Waals surface area contributed by atoms with Crippen LogP contribution in [-0.2, 0) is 17.9 Å². The lowest BCUT2D eigenvalue weighted by Gasteiger charge is -2.36. The van der Waals surface area contributed by atoms with E-state index in [0.29, 0.717) is 29.7 Å². The molecule has 25 heavy (non-hydrogen) atoms. The number of carboxylic acid groups (broad SMARTS) is 1. The molecule has 0 bridgehead atoms. The molecule has 0 unspecified atom stereocenters. The van der Waals surface area contributed by atoms with Crippen LogP contribution in [0.4, 0.5) is 0 Å². The number of hydrogen-bond acceptors (Lipinski definition) is 3. The van der Waals surface area contributed by atoms with E-state index in [-0.39, 0.29) is 5.92 Å². The van der Waals surface area contributed by atoms with Gasteiger partial charge in [-0.3, -0.25) is 9.69 Å². The van der Waals surface area contributed by atoms with Crippen molar-refractivity contribution >= 4 is 29.2 Å². The zero-order chi connectivity index (χ0) is 18.0. The fraction of sp³-hybridized carbons (Fsp3) is 0.316. The summed E-state index contributed by atoms with van der Waals surface area (Å²) in [6, 6.07) is 11.4. The minimum Gasteiger partial charge on any atom is -0.489 e. The van der Waals surface area contributed by atoms with Crippen LogP contribution in [0.1, 0.15) is 16.7 Å². The highest BCUT2D eigenvalue weighted by Crippen LogP contribution is 2.25. The molecular weight excluding hydrogens is 361 g/mol. The van der Waals surface area contributed by atoms with Gasteiger partial charge in [0.15, 0.2) is 0 Å². The minimum absolute atomic E-state index is 0.228. The molecule has 0 aromatic heterocycles. The van der Waals surface area contributed by atoms with Crippen LogP contribution < -0.4 is 4.74 Å². The summed E-state index contributed by atoms with van der Waals surface area (Å²) in [5, 5.41) is 10.1. The van der Waals surface area contributed by atoms with Crippen LogP contribution in [0.2, 0.25) is 10.0 Å². The van der Waals surface area contributed by atoms with Gasteiger partial charge in [0.05, 0.1) is 5.92 Å². The Morgan fingerprint density at radius 3 is 2.44 bits per heavy atom. The Balaban J connectivity index is 1.57. The van der Waals surface area contributed by atoms with E-state index in [1.807, 2.05) is 31.2 Å². The summed E-state index contributed by atoms with van der Waals surface area (Å²) in [6.07, 6.45) is 0. The van der Waals surface area contributed by atoms with Crippen LogP contribution in [0.3, 0.4) is 0 Å². The number of carbonyl (C=O) groups is 1. The maximum atomic E-state index is 10.8. The van der Waals surface area contributed by atoms with Gasteiger partial charge in [-0.25, -0.2) is 0 Å². The van der Waals surface area contributed by atoms with Gasteiger partial charge in [0.2, 0.25) is 0 Å². The summed E-state index contributed by atoms with van der Waals surface area (Å²) < 4.78 is 5.87. The average Bonchev–Trinajstić information content (AvgIpc) is 2.48. The molecule has 0 aliphatic carbocycles. The predicted molar refractivity (Wildman–Crippen MR) is 98.4 cm³/mol. The first-order valence-electron chi connectivity index (χ1n) is 8.03. The van der Waals surface area contributed by atoms with E-state index < -0.39 is 5.97 Å². The van der Waals surface area contributed by atoms with Crippen molar-refractivity contribution in [3.8, 4) is 5.75 Å². The molecule has 4 nitrogen and oxygen atoms in total. The van der Waals surface area contributed by atoms with Crippen molar-refractivity contribution in [2.45, 2.75) is 20.1 Å². The predicted octanol–water partition coefficient (Wildman–Crippen LogP) is 4.40. The number of carboxylic acids is 1. The number of aryl methyl sites for hydroxylation is 1. The van der Waals surface area contributed by atoms with Crippen molar-refractivity contribution in [3.63, 3.8) is 0 Å². The van der Waals surface area contributed by atoms with Gasteiger partial charge in [0, 0.05) is 29.7 Å². The van der Waals surface area contributed by atoms with E-state index in [4.69, 9.17) is 33.0 Å². The molecule has 1 saturated heterocycles. The Kier molecular flexibility index (Phi) is 5.52. The number of halogens is 2. The number of likely N-dealkylation sites (tertiary alicyclic amines) is 1. The third kappa shape index (κ3) is 4.66. The molecule has 1 aliphatic heterocycles. The quantitative estimate of drug-likeness (QED) is 0.807. The van der Waals surface area contributed by atoms with Gasteiger partial charge in [-0.05, 0) is 47.9 Å². The van der Waals surface area contributed by atoms with E-state index in [2.05, 4.69) is 11.0 Å². The maximum absolute atomic E-state index is 10.8. The molecule has 1 fully saturated rings. The fourth-order valence-corrected chi connectivity index (χ4v) is 3.51. The summed E-state index contributed by atoms with van der Waals surface area (Å²) >= 11 is 12.0. The third-order valence-corrected chi connectivity index (χ3v) is 4.71. The number of aliphatic carboxylic acids is 1. The first-order valence-corrected chi connectivity index (χ1v) is 8.79. The highest BCUT2D eigenvalue weighted by Gasteiger charge is 2.32. The molecule has 0 radical (unpaired) electrons. The second-order valence-electron chi connectivity index (χ2n) is 6.40. The second-order valence-corrected chi connectivity index (χ2v) is 7.27. The lowest BCUT2D eigenvalue weighted by atomic mass is 9.99. The molecule has 132 valence electrons. The Morgan fingerprint density at radius 1 is 1.16 bits per heavy atom. The van der Waals surface area contributed by atoms with Crippen molar-refractivity contribution in [2.75, 3.05) is 13.1 Å². The monoisotopic (exact) mass is 379 g/mol. The van der Waals surface area contributed by atoms with E-state index >= 15 is 0 Å². The zero-order valence-electron chi connectivity index (χ0n) is 13.8. The van der Waals surface area contributed by atoms with Gasteiger partial charge in [-0.15, -0.1) is 0 Å². The highest BCUT2D eigenvalue weighted by atomic mass is 35.5. The molecule has 2 aromatic rings. The van der Waals surface area contributed by atoms with Crippen LogP contribution in [0.25, 0.3) is 0 Å². The minimum atomic E-state index is -0.711. The summed E-state index contributed by atoms with van der Waals surface area (Å²) in [7, 11) is 0. The smallest absolute Gasteiger partial charge is 0.309 e. The van der Waals surface area contributed by atoms with Crippen molar-refractivity contribution in [3.05, 3.63) is 63.1 Å². The molecule has 6 heteroatoms. The average molecular weight is 380 g/mol. The lowest BCUT2D eigenvalue weighted by Crippen LogP contribution is -2.49. The zero-order valence-corrected chi connectivity index (χ0v) is 15.3. The van der Waals surface area contributed by atoms with Gasteiger partial charge >= 0.3 is 5.97 Å². The summed E-state index contributed by atoms with van der Waals surface area (Å²) in [5.74, 6) is -0.127. The molecule has 0 amide bonds. The van der Waals surface area contributed by atoms with Gasteiger partial charge < -0.3 is 9.84 Å². The summed E-state index contributed by atoms with van der Waals surface area (Å²) in [4.78, 5) is 13.0. The van der Waals surface area contributed by atoms with E-state index in [9.17, 15) is 4.79 Å². The van der Waals surface area contributed by atoms with Crippen molar-refractivity contribution in [1.82, 2.24) is 4.90 Å². The molecular formula is C19H19Cl2NO3. The Hall–Kier alpha value is -1.75. The Labute approximate surface area is 156 Å². The third-order valence-electron chi connectivity index (χ3n) is 4.27. The highest BCUT2D eigenvalue weighted by molar-refractivity contribution is 6.34. The summed E-state index contributed by atoms with van der Waals surface area (Å²) in [5.41, 5.74) is 3.11. The SMILES string of the molecule is Cc1cc(CN2CC(C(=O)O)C2)ccc1OCc1cc(Cl)cc(Cl)c1. The second kappa shape index (κ2) is 7.65. The Bertz CT molecular complexity index is 768. The number of rotatable bonds is 6. The van der Waals surface area contributed by atoms with Crippen molar-refractivity contribution in [2.24, 2.45) is 5.92 Å². The van der Waals surface area contributed by atoms with Crippen LogP contribution in [0.5, 0.6) is 5.75 Å². The number of benzene rings is 2. The van der Waals surface area contributed by atoms with E-state index in [1.165, 1.54) is 0 Å². The molecule has 1 aliphatic rings. The first-order chi connectivity index (χ1) is 11.9. The molecule has 0 saturated carbocycles. The normalized spacial score (nSPS) is 15.0. The van der Waals surface area contributed by atoms with Gasteiger partial charge in [-0.2, -0.15) is 0 Å². The number of ether oxygens (including phenoxy) is 1. The largest absolute Gasteiger partial charge is 0.489 e. The first kappa shape index (κ1) is 18.1. The number of hydrogen-bond donors (Lipinski definition) is 1. The van der Waals surface area contributed by atoms with Gasteiger partial charge in [0.1, 0.15) is 12.4 Å². The molecule has 0 atom stereocenters. The van der Waals surface area contributed by atoms with Crippen molar-refractivity contribution in [1.29, 1.82) is 0 Å². The van der Waals surface area contributed by atoms with Gasteiger partial charge in [0.25, 0.3) is 0 Å². The molecule has 1 N–H and O–H groups in total. The van der Waals surface area contributed by atoms with Crippen LogP contribution in [-0.4, -0.2) is 29.1 Å². The molecule has 1 heterocycles. The lowest BCUT2D eigenvalue weighted by molar-refractivity contribution is -0.147. The van der Waals surface area contributed by atoms with Crippen molar-refractivity contribution < 1.29 is 14.6 Å². The van der Waals surface area contributed by atoms with Crippen LogP contribution in [0.15, 0.2) is 36.4 Å².